The van der Waals surface area contributed by atoms with Gasteiger partial charge in [-0.15, -0.1) is 0 Å². The number of nitrogens with zero attached hydrogens (tertiary/aromatic N) is 2. The number of fused-ring (bicyclic) bond motifs is 3. The van der Waals surface area contributed by atoms with E-state index >= 15 is 0 Å². The second-order valence-corrected chi connectivity index (χ2v) is 6.64. The number of aromatic nitrogens is 1. The SMILES string of the molecule is O=C1C2CCC(C2)C(=O)N1c1cccc2cc(Br)cnc12. The van der Waals surface area contributed by atoms with Gasteiger partial charge in [0.15, 0.2) is 0 Å². The van der Waals surface area contributed by atoms with Crippen LogP contribution in [0.25, 0.3) is 10.9 Å². The van der Waals surface area contributed by atoms with Gasteiger partial charge in [0.2, 0.25) is 11.8 Å². The lowest BCUT2D eigenvalue weighted by Gasteiger charge is -2.30. The maximum Gasteiger partial charge on any atom is 0.236 e. The minimum absolute atomic E-state index is 0.00148. The normalized spacial score (nSPS) is 24.9. The molecule has 2 fully saturated rings. The molecule has 2 bridgehead atoms. The van der Waals surface area contributed by atoms with E-state index in [1.165, 1.54) is 4.90 Å². The second kappa shape index (κ2) is 4.63. The number of imide groups is 1. The first kappa shape index (κ1) is 13.0. The van der Waals surface area contributed by atoms with Gasteiger partial charge in [0.1, 0.15) is 0 Å². The molecule has 2 aromatic rings. The molecule has 0 radical (unpaired) electrons. The molecule has 2 aliphatic rings. The van der Waals surface area contributed by atoms with E-state index in [0.29, 0.717) is 11.2 Å². The van der Waals surface area contributed by atoms with Gasteiger partial charge in [-0.3, -0.25) is 14.6 Å². The summed E-state index contributed by atoms with van der Waals surface area (Å²) in [5.74, 6) is -0.131. The molecule has 1 aliphatic carbocycles. The van der Waals surface area contributed by atoms with Gasteiger partial charge >= 0.3 is 0 Å². The zero-order valence-corrected chi connectivity index (χ0v) is 12.8. The third-order valence-electron chi connectivity index (χ3n) is 4.47. The number of carbonyl (C=O) groups is 2. The Kier molecular flexibility index (Phi) is 2.85. The van der Waals surface area contributed by atoms with E-state index in [2.05, 4.69) is 20.9 Å². The van der Waals surface area contributed by atoms with E-state index in [0.717, 1.165) is 29.1 Å². The third kappa shape index (κ3) is 1.91. The molecule has 4 rings (SSSR count). The minimum Gasteiger partial charge on any atom is -0.274 e. The zero-order chi connectivity index (χ0) is 14.6. The van der Waals surface area contributed by atoms with Gasteiger partial charge in [-0.2, -0.15) is 0 Å². The fourth-order valence-corrected chi connectivity index (χ4v) is 3.79. The van der Waals surface area contributed by atoms with Crippen molar-refractivity contribution in [3.8, 4) is 0 Å². The number of rotatable bonds is 1. The first-order valence-electron chi connectivity index (χ1n) is 7.07. The number of para-hydroxylation sites is 1. The first-order valence-corrected chi connectivity index (χ1v) is 7.86. The largest absolute Gasteiger partial charge is 0.274 e. The number of carbonyl (C=O) groups excluding carboxylic acids is 2. The maximum atomic E-state index is 12.6. The highest BCUT2D eigenvalue weighted by atomic mass is 79.9. The smallest absolute Gasteiger partial charge is 0.236 e. The van der Waals surface area contributed by atoms with Crippen molar-refractivity contribution in [2.75, 3.05) is 4.90 Å². The Morgan fingerprint density at radius 3 is 2.57 bits per heavy atom. The number of amides is 2. The highest BCUT2D eigenvalue weighted by Crippen LogP contribution is 2.41. The molecule has 2 amide bonds. The van der Waals surface area contributed by atoms with Crippen LogP contribution in [0.2, 0.25) is 0 Å². The summed E-state index contributed by atoms with van der Waals surface area (Å²) in [7, 11) is 0. The Labute approximate surface area is 130 Å². The summed E-state index contributed by atoms with van der Waals surface area (Å²) in [5, 5.41) is 0.917. The van der Waals surface area contributed by atoms with Crippen molar-refractivity contribution in [3.05, 3.63) is 34.9 Å². The van der Waals surface area contributed by atoms with Crippen molar-refractivity contribution in [3.63, 3.8) is 0 Å². The predicted molar refractivity (Wildman–Crippen MR) is 82.8 cm³/mol. The summed E-state index contributed by atoms with van der Waals surface area (Å²) >= 11 is 3.40. The van der Waals surface area contributed by atoms with Crippen molar-refractivity contribution in [1.82, 2.24) is 4.98 Å². The van der Waals surface area contributed by atoms with Crippen molar-refractivity contribution in [2.45, 2.75) is 19.3 Å². The number of hydrogen-bond donors (Lipinski definition) is 0. The number of pyridine rings is 1. The van der Waals surface area contributed by atoms with Gasteiger partial charge in [0.05, 0.1) is 11.2 Å². The van der Waals surface area contributed by atoms with Crippen LogP contribution in [0, 0.1) is 11.8 Å². The molecule has 1 saturated heterocycles. The van der Waals surface area contributed by atoms with Crippen LogP contribution in [-0.4, -0.2) is 16.8 Å². The predicted octanol–water partition coefficient (Wildman–Crippen LogP) is 3.29. The lowest BCUT2D eigenvalue weighted by Crippen LogP contribution is -2.46. The van der Waals surface area contributed by atoms with Crippen LogP contribution in [-0.2, 0) is 9.59 Å². The van der Waals surface area contributed by atoms with Crippen molar-refractivity contribution in [2.24, 2.45) is 11.8 Å². The molecule has 2 atom stereocenters. The highest BCUT2D eigenvalue weighted by Gasteiger charge is 2.46. The fraction of sp³-hybridized carbons (Fsp3) is 0.312. The molecule has 2 unspecified atom stereocenters. The van der Waals surface area contributed by atoms with Gasteiger partial charge in [-0.1, -0.05) is 12.1 Å². The minimum atomic E-state index is -0.0639. The average molecular weight is 345 g/mol. The molecule has 4 nitrogen and oxygen atoms in total. The Morgan fingerprint density at radius 2 is 1.86 bits per heavy atom. The number of anilines is 1. The van der Waals surface area contributed by atoms with E-state index < -0.39 is 0 Å². The number of benzene rings is 1. The van der Waals surface area contributed by atoms with Gasteiger partial charge in [0, 0.05) is 27.9 Å². The molecule has 1 aromatic heterocycles. The first-order chi connectivity index (χ1) is 10.1. The van der Waals surface area contributed by atoms with Gasteiger partial charge < -0.3 is 0 Å². The molecule has 1 saturated carbocycles. The van der Waals surface area contributed by atoms with Crippen LogP contribution >= 0.6 is 15.9 Å². The number of piperidine rings is 1. The average Bonchev–Trinajstić information content (AvgIpc) is 2.92. The zero-order valence-electron chi connectivity index (χ0n) is 11.3. The summed E-state index contributed by atoms with van der Waals surface area (Å²) in [6, 6.07) is 7.55. The van der Waals surface area contributed by atoms with Crippen LogP contribution in [0.4, 0.5) is 5.69 Å². The molecule has 0 spiro atoms. The third-order valence-corrected chi connectivity index (χ3v) is 4.90. The lowest BCUT2D eigenvalue weighted by atomic mass is 9.96. The Balaban J connectivity index is 1.90. The van der Waals surface area contributed by atoms with E-state index in [-0.39, 0.29) is 23.7 Å². The maximum absolute atomic E-state index is 12.6. The van der Waals surface area contributed by atoms with E-state index in [4.69, 9.17) is 0 Å². The summed E-state index contributed by atoms with van der Waals surface area (Å²) in [6.45, 7) is 0. The van der Waals surface area contributed by atoms with Gasteiger partial charge in [-0.25, -0.2) is 4.90 Å². The van der Waals surface area contributed by atoms with Crippen LogP contribution in [0.15, 0.2) is 34.9 Å². The highest BCUT2D eigenvalue weighted by molar-refractivity contribution is 9.10. The van der Waals surface area contributed by atoms with Crippen molar-refractivity contribution >= 4 is 44.3 Å². The summed E-state index contributed by atoms with van der Waals surface area (Å²) in [5.41, 5.74) is 1.32. The van der Waals surface area contributed by atoms with E-state index in [9.17, 15) is 9.59 Å². The Bertz CT molecular complexity index is 752. The van der Waals surface area contributed by atoms with Crippen LogP contribution in [0.5, 0.6) is 0 Å². The molecule has 1 aromatic carbocycles. The number of hydrogen-bond acceptors (Lipinski definition) is 3. The molecule has 2 heterocycles. The molecular formula is C16H13BrN2O2. The standard InChI is InChI=1S/C16H13BrN2O2/c17-12-7-9-2-1-3-13(14(9)18-8-12)19-15(20)10-4-5-11(6-10)16(19)21/h1-3,7-8,10-11H,4-6H2. The summed E-state index contributed by atoms with van der Waals surface area (Å²) in [6.07, 6.45) is 4.07. The van der Waals surface area contributed by atoms with Crippen LogP contribution < -0.4 is 4.90 Å². The number of halogens is 1. The second-order valence-electron chi connectivity index (χ2n) is 5.72. The monoisotopic (exact) mass is 344 g/mol. The van der Waals surface area contributed by atoms with Gasteiger partial charge in [-0.05, 0) is 47.3 Å². The fourth-order valence-electron chi connectivity index (χ4n) is 3.44. The molecule has 106 valence electrons. The summed E-state index contributed by atoms with van der Waals surface area (Å²) in [4.78, 5) is 30.9. The van der Waals surface area contributed by atoms with Gasteiger partial charge in [0.25, 0.3) is 0 Å². The lowest BCUT2D eigenvalue weighted by molar-refractivity contribution is -0.132. The molecule has 0 N–H and O–H groups in total. The van der Waals surface area contributed by atoms with Crippen LogP contribution in [0.3, 0.4) is 0 Å². The topological polar surface area (TPSA) is 50.3 Å². The van der Waals surface area contributed by atoms with E-state index in [1.54, 1.807) is 6.20 Å². The summed E-state index contributed by atoms with van der Waals surface area (Å²) < 4.78 is 0.878. The molecule has 21 heavy (non-hydrogen) atoms. The molecule has 5 heteroatoms. The van der Waals surface area contributed by atoms with Crippen molar-refractivity contribution < 1.29 is 9.59 Å². The molecular weight excluding hydrogens is 332 g/mol. The van der Waals surface area contributed by atoms with Crippen LogP contribution in [0.1, 0.15) is 19.3 Å². The quantitative estimate of drug-likeness (QED) is 0.746. The molecule has 1 aliphatic heterocycles. The van der Waals surface area contributed by atoms with Crippen molar-refractivity contribution in [1.29, 1.82) is 0 Å². The Morgan fingerprint density at radius 1 is 1.14 bits per heavy atom. The Hall–Kier alpha value is -1.75. The van der Waals surface area contributed by atoms with E-state index in [1.807, 2.05) is 24.3 Å².